The number of carboxylic acid groups (broad SMARTS) is 1. The predicted molar refractivity (Wildman–Crippen MR) is 72.0 cm³/mol. The minimum Gasteiger partial charge on any atom is -0.477 e. The third kappa shape index (κ3) is 7.65. The molecule has 18 heavy (non-hydrogen) atoms. The molecule has 0 aliphatic heterocycles. The summed E-state index contributed by atoms with van der Waals surface area (Å²) in [6, 6.07) is 0. The Bertz CT molecular complexity index is 352. The van der Waals surface area contributed by atoms with Gasteiger partial charge in [-0.3, -0.25) is 4.79 Å². The monoisotopic (exact) mass is 253 g/mol. The summed E-state index contributed by atoms with van der Waals surface area (Å²) in [7, 11) is 0. The van der Waals surface area contributed by atoms with E-state index in [0.717, 1.165) is 12.8 Å². The molecule has 0 saturated carbocycles. The highest BCUT2D eigenvalue weighted by atomic mass is 16.4. The fourth-order valence-electron chi connectivity index (χ4n) is 1.53. The summed E-state index contributed by atoms with van der Waals surface area (Å²) in [4.78, 5) is 22.3. The van der Waals surface area contributed by atoms with Gasteiger partial charge in [0.15, 0.2) is 0 Å². The van der Waals surface area contributed by atoms with E-state index in [9.17, 15) is 9.59 Å². The van der Waals surface area contributed by atoms with Crippen molar-refractivity contribution in [3.8, 4) is 0 Å². The molecule has 0 radical (unpaired) electrons. The van der Waals surface area contributed by atoms with Crippen LogP contribution in [0.25, 0.3) is 0 Å². The molecule has 4 nitrogen and oxygen atoms in total. The molecule has 0 heterocycles. The number of carbonyl (C=O) groups is 2. The molecule has 2 N–H and O–H groups in total. The highest BCUT2D eigenvalue weighted by Gasteiger charge is 2.13. The SMILES string of the molecule is CC=C(NC(=O)CC(C)CCC=C(C)C)C(=O)O. The van der Waals surface area contributed by atoms with Gasteiger partial charge in [0.25, 0.3) is 0 Å². The van der Waals surface area contributed by atoms with Crippen LogP contribution in [0.3, 0.4) is 0 Å². The molecule has 0 aliphatic carbocycles. The van der Waals surface area contributed by atoms with E-state index in [-0.39, 0.29) is 17.5 Å². The van der Waals surface area contributed by atoms with E-state index in [2.05, 4.69) is 11.4 Å². The van der Waals surface area contributed by atoms with Crippen molar-refractivity contribution in [3.63, 3.8) is 0 Å². The highest BCUT2D eigenvalue weighted by molar-refractivity contribution is 5.92. The number of allylic oxidation sites excluding steroid dienone is 3. The van der Waals surface area contributed by atoms with Crippen LogP contribution in [-0.4, -0.2) is 17.0 Å². The first-order valence-electron chi connectivity index (χ1n) is 6.19. The Hall–Kier alpha value is -1.58. The Morgan fingerprint density at radius 1 is 1.33 bits per heavy atom. The van der Waals surface area contributed by atoms with Crippen LogP contribution < -0.4 is 5.32 Å². The number of hydrogen-bond donors (Lipinski definition) is 2. The highest BCUT2D eigenvalue weighted by Crippen LogP contribution is 2.12. The normalized spacial score (nSPS) is 12.8. The quantitative estimate of drug-likeness (QED) is 0.541. The van der Waals surface area contributed by atoms with E-state index < -0.39 is 5.97 Å². The maximum atomic E-state index is 11.6. The fraction of sp³-hybridized carbons (Fsp3) is 0.571. The van der Waals surface area contributed by atoms with Gasteiger partial charge in [0.2, 0.25) is 5.91 Å². The largest absolute Gasteiger partial charge is 0.477 e. The molecule has 4 heteroatoms. The molecule has 0 fully saturated rings. The minimum atomic E-state index is -1.11. The molecule has 0 spiro atoms. The second-order valence-corrected chi connectivity index (χ2v) is 4.72. The van der Waals surface area contributed by atoms with Gasteiger partial charge in [-0.05, 0) is 39.5 Å². The molecule has 0 aromatic carbocycles. The van der Waals surface area contributed by atoms with Crippen LogP contribution >= 0.6 is 0 Å². The molecule has 1 amide bonds. The smallest absolute Gasteiger partial charge is 0.352 e. The van der Waals surface area contributed by atoms with Gasteiger partial charge in [-0.25, -0.2) is 4.79 Å². The van der Waals surface area contributed by atoms with Crippen LogP contribution in [0.2, 0.25) is 0 Å². The van der Waals surface area contributed by atoms with E-state index >= 15 is 0 Å². The van der Waals surface area contributed by atoms with Crippen molar-refractivity contribution in [1.82, 2.24) is 5.32 Å². The van der Waals surface area contributed by atoms with E-state index in [4.69, 9.17) is 5.11 Å². The van der Waals surface area contributed by atoms with Gasteiger partial charge in [0, 0.05) is 6.42 Å². The molecular formula is C14H23NO3. The number of carboxylic acids is 1. The molecule has 1 unspecified atom stereocenters. The summed E-state index contributed by atoms with van der Waals surface area (Å²) in [6.07, 6.45) is 5.75. The Kier molecular flexibility index (Phi) is 7.76. The molecule has 0 saturated heterocycles. The molecule has 0 rings (SSSR count). The molecule has 1 atom stereocenters. The Morgan fingerprint density at radius 2 is 1.94 bits per heavy atom. The average Bonchev–Trinajstić information content (AvgIpc) is 2.24. The van der Waals surface area contributed by atoms with Gasteiger partial charge in [-0.2, -0.15) is 0 Å². The van der Waals surface area contributed by atoms with Crippen LogP contribution in [0.5, 0.6) is 0 Å². The predicted octanol–water partition coefficient (Wildman–Crippen LogP) is 2.86. The van der Waals surface area contributed by atoms with Crippen LogP contribution in [0.1, 0.15) is 47.0 Å². The van der Waals surface area contributed by atoms with E-state index in [0.29, 0.717) is 6.42 Å². The lowest BCUT2D eigenvalue weighted by Crippen LogP contribution is -2.28. The summed E-state index contributed by atoms with van der Waals surface area (Å²) in [6.45, 7) is 7.67. The fourth-order valence-corrected chi connectivity index (χ4v) is 1.53. The van der Waals surface area contributed by atoms with Gasteiger partial charge >= 0.3 is 5.97 Å². The van der Waals surface area contributed by atoms with Gasteiger partial charge in [0.1, 0.15) is 5.70 Å². The lowest BCUT2D eigenvalue weighted by atomic mass is 10.0. The second-order valence-electron chi connectivity index (χ2n) is 4.72. The zero-order chi connectivity index (χ0) is 14.1. The van der Waals surface area contributed by atoms with Gasteiger partial charge < -0.3 is 10.4 Å². The van der Waals surface area contributed by atoms with E-state index in [1.807, 2.05) is 20.8 Å². The van der Waals surface area contributed by atoms with Crippen LogP contribution in [0.15, 0.2) is 23.4 Å². The zero-order valence-corrected chi connectivity index (χ0v) is 11.6. The molecule has 0 aromatic heterocycles. The van der Waals surface area contributed by atoms with E-state index in [1.165, 1.54) is 11.6 Å². The number of nitrogens with one attached hydrogen (secondary N) is 1. The van der Waals surface area contributed by atoms with Gasteiger partial charge in [-0.1, -0.05) is 24.6 Å². The number of rotatable bonds is 7. The Balaban J connectivity index is 4.08. The maximum absolute atomic E-state index is 11.6. The maximum Gasteiger partial charge on any atom is 0.352 e. The summed E-state index contributed by atoms with van der Waals surface area (Å²) in [5.74, 6) is -1.11. The van der Waals surface area contributed by atoms with Crippen molar-refractivity contribution < 1.29 is 14.7 Å². The molecule has 0 aliphatic rings. The van der Waals surface area contributed by atoms with Crippen molar-refractivity contribution in [2.24, 2.45) is 5.92 Å². The zero-order valence-electron chi connectivity index (χ0n) is 11.6. The number of aliphatic carboxylic acids is 1. The van der Waals surface area contributed by atoms with Crippen LogP contribution in [0.4, 0.5) is 0 Å². The van der Waals surface area contributed by atoms with Crippen molar-refractivity contribution in [2.75, 3.05) is 0 Å². The molecule has 102 valence electrons. The topological polar surface area (TPSA) is 66.4 Å². The third-order valence-electron chi connectivity index (χ3n) is 2.54. The van der Waals surface area contributed by atoms with Gasteiger partial charge in [-0.15, -0.1) is 0 Å². The van der Waals surface area contributed by atoms with Crippen LogP contribution in [-0.2, 0) is 9.59 Å². The number of hydrogen-bond acceptors (Lipinski definition) is 2. The lowest BCUT2D eigenvalue weighted by Gasteiger charge is -2.10. The average molecular weight is 253 g/mol. The lowest BCUT2D eigenvalue weighted by molar-refractivity contribution is -0.134. The minimum absolute atomic E-state index is 0.0588. The molecular weight excluding hydrogens is 230 g/mol. The van der Waals surface area contributed by atoms with Crippen molar-refractivity contribution in [2.45, 2.75) is 47.0 Å². The summed E-state index contributed by atoms with van der Waals surface area (Å²) >= 11 is 0. The summed E-state index contributed by atoms with van der Waals surface area (Å²) < 4.78 is 0. The van der Waals surface area contributed by atoms with Crippen molar-refractivity contribution in [3.05, 3.63) is 23.4 Å². The standard InChI is InChI=1S/C14H23NO3/c1-5-12(14(17)18)15-13(16)9-11(4)8-6-7-10(2)3/h5,7,11H,6,8-9H2,1-4H3,(H,15,16)(H,17,18). The Labute approximate surface area is 109 Å². The second kappa shape index (κ2) is 8.50. The van der Waals surface area contributed by atoms with E-state index in [1.54, 1.807) is 6.92 Å². The summed E-state index contributed by atoms with van der Waals surface area (Å²) in [5.41, 5.74) is 1.21. The number of carbonyl (C=O) groups excluding carboxylic acids is 1. The third-order valence-corrected chi connectivity index (χ3v) is 2.54. The first-order chi connectivity index (χ1) is 8.36. The number of amides is 1. The van der Waals surface area contributed by atoms with Crippen molar-refractivity contribution >= 4 is 11.9 Å². The first-order valence-corrected chi connectivity index (χ1v) is 6.19. The Morgan fingerprint density at radius 3 is 2.39 bits per heavy atom. The van der Waals surface area contributed by atoms with Crippen molar-refractivity contribution in [1.29, 1.82) is 0 Å². The van der Waals surface area contributed by atoms with Crippen LogP contribution in [0, 0.1) is 5.92 Å². The van der Waals surface area contributed by atoms with Gasteiger partial charge in [0.05, 0.1) is 0 Å². The molecule has 0 bridgehead atoms. The first kappa shape index (κ1) is 16.4. The molecule has 0 aromatic rings. The summed E-state index contributed by atoms with van der Waals surface area (Å²) in [5, 5.41) is 11.2.